The Kier molecular flexibility index (Phi) is 5.58. The average molecular weight is 281 g/mol. The topological polar surface area (TPSA) is 12.0 Å². The van der Waals surface area contributed by atoms with Crippen molar-refractivity contribution in [3.63, 3.8) is 0 Å². The number of nitrogens with one attached hydrogen (secondary N) is 1. The lowest BCUT2D eigenvalue weighted by atomic mass is 9.92. The van der Waals surface area contributed by atoms with Gasteiger partial charge in [-0.2, -0.15) is 0 Å². The largest absolute Gasteiger partial charge is 0.310 e. The molecule has 0 aliphatic rings. The Bertz CT molecular complexity index is 566. The van der Waals surface area contributed by atoms with Crippen LogP contribution in [0.5, 0.6) is 0 Å². The van der Waals surface area contributed by atoms with Gasteiger partial charge in [-0.05, 0) is 62.4 Å². The number of benzene rings is 2. The molecule has 21 heavy (non-hydrogen) atoms. The van der Waals surface area contributed by atoms with Crippen LogP contribution in [0.25, 0.3) is 0 Å². The highest BCUT2D eigenvalue weighted by atomic mass is 14.9. The summed E-state index contributed by atoms with van der Waals surface area (Å²) in [4.78, 5) is 0. The quantitative estimate of drug-likeness (QED) is 0.794. The van der Waals surface area contributed by atoms with Gasteiger partial charge in [0, 0.05) is 6.04 Å². The zero-order valence-corrected chi connectivity index (χ0v) is 13.7. The molecule has 0 saturated heterocycles. The molecule has 0 fully saturated rings. The molecule has 2 aromatic carbocycles. The summed E-state index contributed by atoms with van der Waals surface area (Å²) in [5.74, 6) is 0. The first-order valence-electron chi connectivity index (χ1n) is 7.97. The van der Waals surface area contributed by atoms with E-state index in [1.807, 2.05) is 0 Å². The van der Waals surface area contributed by atoms with Gasteiger partial charge in [0.1, 0.15) is 0 Å². The lowest BCUT2D eigenvalue weighted by molar-refractivity contribution is 0.527. The maximum Gasteiger partial charge on any atom is 0.0361 e. The van der Waals surface area contributed by atoms with Crippen molar-refractivity contribution in [2.75, 3.05) is 6.54 Å². The van der Waals surface area contributed by atoms with Crippen LogP contribution in [-0.4, -0.2) is 6.54 Å². The molecule has 1 N–H and O–H groups in total. The highest BCUT2D eigenvalue weighted by Gasteiger charge is 2.14. The van der Waals surface area contributed by atoms with Gasteiger partial charge in [-0.3, -0.25) is 0 Å². The van der Waals surface area contributed by atoms with Gasteiger partial charge in [-0.1, -0.05) is 55.0 Å². The molecule has 2 rings (SSSR count). The summed E-state index contributed by atoms with van der Waals surface area (Å²) in [6.45, 7) is 9.88. The fourth-order valence-electron chi connectivity index (χ4n) is 2.89. The smallest absolute Gasteiger partial charge is 0.0361 e. The zero-order chi connectivity index (χ0) is 15.2. The van der Waals surface area contributed by atoms with E-state index in [-0.39, 0.29) is 0 Å². The van der Waals surface area contributed by atoms with E-state index in [1.54, 1.807) is 0 Å². The summed E-state index contributed by atoms with van der Waals surface area (Å²) < 4.78 is 0. The Balaban J connectivity index is 2.28. The van der Waals surface area contributed by atoms with Gasteiger partial charge >= 0.3 is 0 Å². The first-order chi connectivity index (χ1) is 10.1. The molecular weight excluding hydrogens is 254 g/mol. The number of hydrogen-bond donors (Lipinski definition) is 1. The fraction of sp³-hybridized carbons (Fsp3) is 0.400. The minimum atomic E-state index is 0.393. The third kappa shape index (κ3) is 4.18. The molecule has 0 bridgehead atoms. The first kappa shape index (κ1) is 15.8. The fourth-order valence-corrected chi connectivity index (χ4v) is 2.89. The lowest BCUT2D eigenvalue weighted by Gasteiger charge is -2.22. The highest BCUT2D eigenvalue weighted by molar-refractivity contribution is 5.36. The summed E-state index contributed by atoms with van der Waals surface area (Å²) in [7, 11) is 0. The lowest BCUT2D eigenvalue weighted by Crippen LogP contribution is -2.24. The van der Waals surface area contributed by atoms with Crippen molar-refractivity contribution in [2.45, 2.75) is 46.6 Å². The number of rotatable bonds is 6. The molecule has 0 radical (unpaired) electrons. The van der Waals surface area contributed by atoms with Crippen LogP contribution in [0.1, 0.15) is 47.2 Å². The van der Waals surface area contributed by atoms with Gasteiger partial charge in [0.25, 0.3) is 0 Å². The summed E-state index contributed by atoms with van der Waals surface area (Å²) in [6.07, 6.45) is 2.22. The van der Waals surface area contributed by atoms with Gasteiger partial charge in [0.05, 0.1) is 0 Å². The first-order valence-corrected chi connectivity index (χ1v) is 7.97. The van der Waals surface area contributed by atoms with Gasteiger partial charge in [0.15, 0.2) is 0 Å². The highest BCUT2D eigenvalue weighted by Crippen LogP contribution is 2.23. The molecule has 0 aromatic heterocycles. The standard InChI is InChI=1S/C20H27N/c1-5-12-21-20(18-11-6-8-15(2)13-18)14-19-16(3)9-7-10-17(19)4/h6-11,13,20-21H,5,12,14H2,1-4H3. The molecule has 1 atom stereocenters. The van der Waals surface area contributed by atoms with Crippen molar-refractivity contribution < 1.29 is 0 Å². The van der Waals surface area contributed by atoms with E-state index in [0.717, 1.165) is 19.4 Å². The van der Waals surface area contributed by atoms with E-state index >= 15 is 0 Å². The summed E-state index contributed by atoms with van der Waals surface area (Å²) in [6, 6.07) is 15.9. The average Bonchev–Trinajstić information content (AvgIpc) is 2.46. The van der Waals surface area contributed by atoms with Crippen LogP contribution in [0.15, 0.2) is 42.5 Å². The van der Waals surface area contributed by atoms with Gasteiger partial charge < -0.3 is 5.32 Å². The summed E-state index contributed by atoms with van der Waals surface area (Å²) in [5, 5.41) is 3.72. The molecule has 0 heterocycles. The van der Waals surface area contributed by atoms with Crippen LogP contribution in [0.3, 0.4) is 0 Å². The van der Waals surface area contributed by atoms with Crippen LogP contribution in [0.4, 0.5) is 0 Å². The van der Waals surface area contributed by atoms with E-state index in [2.05, 4.69) is 75.5 Å². The van der Waals surface area contributed by atoms with E-state index in [1.165, 1.54) is 27.8 Å². The Morgan fingerprint density at radius 2 is 1.62 bits per heavy atom. The van der Waals surface area contributed by atoms with Crippen molar-refractivity contribution >= 4 is 0 Å². The SMILES string of the molecule is CCCNC(Cc1c(C)cccc1C)c1cccc(C)c1. The Morgan fingerprint density at radius 3 is 2.24 bits per heavy atom. The number of hydrogen-bond acceptors (Lipinski definition) is 1. The van der Waals surface area contributed by atoms with Crippen molar-refractivity contribution in [1.29, 1.82) is 0 Å². The van der Waals surface area contributed by atoms with Crippen LogP contribution >= 0.6 is 0 Å². The Labute approximate surface area is 129 Å². The van der Waals surface area contributed by atoms with Crippen molar-refractivity contribution in [3.8, 4) is 0 Å². The molecule has 0 aliphatic heterocycles. The second kappa shape index (κ2) is 7.42. The predicted octanol–water partition coefficient (Wildman–Crippen LogP) is 4.90. The summed E-state index contributed by atoms with van der Waals surface area (Å²) in [5.41, 5.74) is 6.99. The summed E-state index contributed by atoms with van der Waals surface area (Å²) >= 11 is 0. The van der Waals surface area contributed by atoms with Crippen LogP contribution in [0.2, 0.25) is 0 Å². The Morgan fingerprint density at radius 1 is 0.952 bits per heavy atom. The van der Waals surface area contributed by atoms with E-state index in [4.69, 9.17) is 0 Å². The normalized spacial score (nSPS) is 12.4. The third-order valence-electron chi connectivity index (χ3n) is 4.14. The maximum atomic E-state index is 3.72. The molecule has 0 spiro atoms. The minimum Gasteiger partial charge on any atom is -0.310 e. The van der Waals surface area contributed by atoms with E-state index in [9.17, 15) is 0 Å². The molecule has 0 saturated carbocycles. The molecule has 112 valence electrons. The molecule has 0 aliphatic carbocycles. The van der Waals surface area contributed by atoms with Crippen LogP contribution < -0.4 is 5.32 Å². The van der Waals surface area contributed by atoms with Gasteiger partial charge in [0.2, 0.25) is 0 Å². The van der Waals surface area contributed by atoms with Gasteiger partial charge in [-0.25, -0.2) is 0 Å². The molecule has 1 heteroatoms. The predicted molar refractivity (Wildman–Crippen MR) is 91.8 cm³/mol. The third-order valence-corrected chi connectivity index (χ3v) is 4.14. The second-order valence-electron chi connectivity index (χ2n) is 6.00. The van der Waals surface area contributed by atoms with Crippen LogP contribution in [0, 0.1) is 20.8 Å². The molecule has 0 amide bonds. The molecule has 2 aromatic rings. The zero-order valence-electron chi connectivity index (χ0n) is 13.7. The molecule has 1 unspecified atom stereocenters. The minimum absolute atomic E-state index is 0.393. The maximum absolute atomic E-state index is 3.72. The second-order valence-corrected chi connectivity index (χ2v) is 6.00. The van der Waals surface area contributed by atoms with Gasteiger partial charge in [-0.15, -0.1) is 0 Å². The molecular formula is C20H27N. The van der Waals surface area contributed by atoms with Crippen molar-refractivity contribution in [2.24, 2.45) is 0 Å². The van der Waals surface area contributed by atoms with Crippen molar-refractivity contribution in [3.05, 3.63) is 70.3 Å². The monoisotopic (exact) mass is 281 g/mol. The molecule has 1 nitrogen and oxygen atoms in total. The number of aryl methyl sites for hydroxylation is 3. The Hall–Kier alpha value is -1.60. The van der Waals surface area contributed by atoms with Crippen LogP contribution in [-0.2, 0) is 6.42 Å². The van der Waals surface area contributed by atoms with Crippen molar-refractivity contribution in [1.82, 2.24) is 5.32 Å². The van der Waals surface area contributed by atoms with E-state index < -0.39 is 0 Å². The van der Waals surface area contributed by atoms with E-state index in [0.29, 0.717) is 6.04 Å².